The molecule has 1 amide bonds. The summed E-state index contributed by atoms with van der Waals surface area (Å²) < 4.78 is 30.9. The van der Waals surface area contributed by atoms with Crippen LogP contribution in [0.5, 0.6) is 0 Å². The Bertz CT molecular complexity index is 543. The molecule has 1 aromatic heterocycles. The van der Waals surface area contributed by atoms with E-state index in [9.17, 15) is 13.6 Å². The van der Waals surface area contributed by atoms with Crippen LogP contribution in [0.1, 0.15) is 22.6 Å². The maximum atomic E-state index is 12.6. The Morgan fingerprint density at radius 2 is 2.24 bits per heavy atom. The van der Waals surface area contributed by atoms with Crippen LogP contribution in [-0.2, 0) is 4.74 Å². The van der Waals surface area contributed by atoms with Crippen molar-refractivity contribution >= 4 is 5.91 Å². The SMILES string of the molecule is CN1CCO[C@@H]2CN(C(=O)c3cc(C(F)F)ncn3)C[C@@H]21. The topological polar surface area (TPSA) is 58.6 Å². The van der Waals surface area contributed by atoms with Crippen molar-refractivity contribution in [1.29, 1.82) is 0 Å². The van der Waals surface area contributed by atoms with Crippen LogP contribution >= 0.6 is 0 Å². The zero-order valence-corrected chi connectivity index (χ0v) is 11.6. The molecular weight excluding hydrogens is 282 g/mol. The van der Waals surface area contributed by atoms with Crippen molar-refractivity contribution in [2.24, 2.45) is 0 Å². The van der Waals surface area contributed by atoms with E-state index in [1.54, 1.807) is 4.90 Å². The lowest BCUT2D eigenvalue weighted by atomic mass is 10.1. The van der Waals surface area contributed by atoms with E-state index in [1.165, 1.54) is 0 Å². The molecule has 114 valence electrons. The first-order valence-electron chi connectivity index (χ1n) is 6.77. The molecule has 0 N–H and O–H groups in total. The van der Waals surface area contributed by atoms with Gasteiger partial charge in [-0.3, -0.25) is 9.69 Å². The Kier molecular flexibility index (Phi) is 3.81. The average Bonchev–Trinajstić information content (AvgIpc) is 2.92. The van der Waals surface area contributed by atoms with Crippen LogP contribution in [0.3, 0.4) is 0 Å². The summed E-state index contributed by atoms with van der Waals surface area (Å²) in [6.07, 6.45) is -1.74. The first-order chi connectivity index (χ1) is 10.1. The smallest absolute Gasteiger partial charge is 0.280 e. The quantitative estimate of drug-likeness (QED) is 0.799. The van der Waals surface area contributed by atoms with E-state index in [2.05, 4.69) is 14.9 Å². The minimum Gasteiger partial charge on any atom is -0.373 e. The molecule has 2 fully saturated rings. The van der Waals surface area contributed by atoms with Gasteiger partial charge in [-0.2, -0.15) is 0 Å². The van der Waals surface area contributed by atoms with E-state index in [-0.39, 0.29) is 23.7 Å². The van der Waals surface area contributed by atoms with E-state index in [0.717, 1.165) is 18.9 Å². The average molecular weight is 298 g/mol. The fourth-order valence-corrected chi connectivity index (χ4v) is 2.79. The standard InChI is InChI=1S/C13H16F2N4O2/c1-18-2-3-21-11-6-19(5-10(11)18)13(20)9-4-8(12(14)15)16-7-17-9/h4,7,10-12H,2-3,5-6H2,1H3/t10-,11+/m0/s1. The van der Waals surface area contributed by atoms with E-state index in [4.69, 9.17) is 4.74 Å². The minimum absolute atomic E-state index is 0.00148. The van der Waals surface area contributed by atoms with Crippen LogP contribution in [0.2, 0.25) is 0 Å². The van der Waals surface area contributed by atoms with E-state index in [1.807, 2.05) is 7.05 Å². The van der Waals surface area contributed by atoms with Crippen LogP contribution in [-0.4, -0.2) is 71.1 Å². The number of halogens is 2. The van der Waals surface area contributed by atoms with Gasteiger partial charge in [0.15, 0.2) is 0 Å². The van der Waals surface area contributed by atoms with Gasteiger partial charge in [0.05, 0.1) is 18.8 Å². The number of rotatable bonds is 2. The molecule has 2 aliphatic rings. The number of aromatic nitrogens is 2. The summed E-state index contributed by atoms with van der Waals surface area (Å²) in [4.78, 5) is 23.4. The third-order valence-corrected chi connectivity index (χ3v) is 4.00. The summed E-state index contributed by atoms with van der Waals surface area (Å²) in [5.74, 6) is -0.356. The Hall–Kier alpha value is -1.67. The predicted octanol–water partition coefficient (Wildman–Crippen LogP) is 0.569. The molecule has 0 spiro atoms. The molecule has 3 rings (SSSR count). The number of hydrogen-bond acceptors (Lipinski definition) is 5. The van der Waals surface area contributed by atoms with Crippen LogP contribution in [0, 0.1) is 0 Å². The number of amides is 1. The van der Waals surface area contributed by atoms with Gasteiger partial charge in [-0.05, 0) is 13.1 Å². The second-order valence-electron chi connectivity index (χ2n) is 5.30. The number of likely N-dealkylation sites (N-methyl/N-ethyl adjacent to an activating group) is 1. The van der Waals surface area contributed by atoms with Crippen LogP contribution in [0.4, 0.5) is 8.78 Å². The molecule has 3 heterocycles. The largest absolute Gasteiger partial charge is 0.373 e. The number of fused-ring (bicyclic) bond motifs is 1. The van der Waals surface area contributed by atoms with Crippen molar-refractivity contribution in [1.82, 2.24) is 19.8 Å². The van der Waals surface area contributed by atoms with E-state index < -0.39 is 12.1 Å². The highest BCUT2D eigenvalue weighted by Gasteiger charge is 2.40. The summed E-state index contributed by atoms with van der Waals surface area (Å²) in [5.41, 5.74) is -0.431. The lowest BCUT2D eigenvalue weighted by molar-refractivity contribution is -0.0368. The molecule has 0 radical (unpaired) electrons. The van der Waals surface area contributed by atoms with Gasteiger partial charge in [0.1, 0.15) is 17.7 Å². The number of likely N-dealkylation sites (tertiary alicyclic amines) is 1. The number of ether oxygens (including phenoxy) is 1. The maximum Gasteiger partial charge on any atom is 0.280 e. The normalized spacial score (nSPS) is 26.2. The Morgan fingerprint density at radius 3 is 2.95 bits per heavy atom. The third-order valence-electron chi connectivity index (χ3n) is 4.00. The molecule has 1 aromatic rings. The number of carbonyl (C=O) groups excluding carboxylic acids is 1. The lowest BCUT2D eigenvalue weighted by Crippen LogP contribution is -2.48. The molecule has 2 saturated heterocycles. The predicted molar refractivity (Wildman–Crippen MR) is 69.1 cm³/mol. The van der Waals surface area contributed by atoms with Crippen molar-refractivity contribution in [2.45, 2.75) is 18.6 Å². The monoisotopic (exact) mass is 298 g/mol. The summed E-state index contributed by atoms with van der Waals surface area (Å²) in [7, 11) is 1.99. The van der Waals surface area contributed by atoms with Crippen molar-refractivity contribution in [3.05, 3.63) is 23.8 Å². The highest BCUT2D eigenvalue weighted by atomic mass is 19.3. The van der Waals surface area contributed by atoms with E-state index >= 15 is 0 Å². The van der Waals surface area contributed by atoms with Gasteiger partial charge in [-0.1, -0.05) is 0 Å². The summed E-state index contributed by atoms with van der Waals surface area (Å²) >= 11 is 0. The van der Waals surface area contributed by atoms with Gasteiger partial charge in [-0.15, -0.1) is 0 Å². The molecule has 0 aliphatic carbocycles. The first-order valence-corrected chi connectivity index (χ1v) is 6.77. The van der Waals surface area contributed by atoms with Gasteiger partial charge in [0.25, 0.3) is 12.3 Å². The molecule has 6 nitrogen and oxygen atoms in total. The Labute approximate surface area is 120 Å². The van der Waals surface area contributed by atoms with E-state index in [0.29, 0.717) is 19.7 Å². The number of nitrogens with zero attached hydrogens (tertiary/aromatic N) is 4. The number of hydrogen-bond donors (Lipinski definition) is 0. The maximum absolute atomic E-state index is 12.6. The minimum atomic E-state index is -2.71. The molecule has 21 heavy (non-hydrogen) atoms. The first kappa shape index (κ1) is 14.3. The molecule has 0 saturated carbocycles. The molecule has 2 atom stereocenters. The van der Waals surface area contributed by atoms with Crippen molar-refractivity contribution in [3.63, 3.8) is 0 Å². The Morgan fingerprint density at radius 1 is 1.43 bits per heavy atom. The fourth-order valence-electron chi connectivity index (χ4n) is 2.79. The second kappa shape index (κ2) is 5.61. The van der Waals surface area contributed by atoms with Gasteiger partial charge >= 0.3 is 0 Å². The van der Waals surface area contributed by atoms with Gasteiger partial charge in [0.2, 0.25) is 0 Å². The van der Waals surface area contributed by atoms with Gasteiger partial charge in [-0.25, -0.2) is 18.7 Å². The zero-order chi connectivity index (χ0) is 15.0. The van der Waals surface area contributed by atoms with Gasteiger partial charge in [0, 0.05) is 19.6 Å². The Balaban J connectivity index is 1.75. The molecule has 8 heteroatoms. The second-order valence-corrected chi connectivity index (χ2v) is 5.30. The molecule has 0 aromatic carbocycles. The third kappa shape index (κ3) is 2.73. The molecule has 0 unspecified atom stereocenters. The molecular formula is C13H16F2N4O2. The van der Waals surface area contributed by atoms with Crippen LogP contribution in [0.25, 0.3) is 0 Å². The van der Waals surface area contributed by atoms with Crippen molar-refractivity contribution in [2.75, 3.05) is 33.3 Å². The summed E-state index contributed by atoms with van der Waals surface area (Å²) in [6.45, 7) is 2.45. The highest BCUT2D eigenvalue weighted by Crippen LogP contribution is 2.23. The van der Waals surface area contributed by atoms with Crippen molar-refractivity contribution < 1.29 is 18.3 Å². The summed E-state index contributed by atoms with van der Waals surface area (Å²) in [5, 5.41) is 0. The molecule has 2 aliphatic heterocycles. The van der Waals surface area contributed by atoms with Gasteiger partial charge < -0.3 is 9.64 Å². The number of carbonyl (C=O) groups is 1. The van der Waals surface area contributed by atoms with Crippen molar-refractivity contribution in [3.8, 4) is 0 Å². The number of morpholine rings is 1. The fraction of sp³-hybridized carbons (Fsp3) is 0.615. The highest BCUT2D eigenvalue weighted by molar-refractivity contribution is 5.92. The summed E-state index contributed by atoms with van der Waals surface area (Å²) in [6, 6.07) is 1.21. The lowest BCUT2D eigenvalue weighted by Gasteiger charge is -2.33. The van der Waals surface area contributed by atoms with Crippen LogP contribution < -0.4 is 0 Å². The van der Waals surface area contributed by atoms with Crippen LogP contribution in [0.15, 0.2) is 12.4 Å². The molecule has 0 bridgehead atoms. The zero-order valence-electron chi connectivity index (χ0n) is 11.6. The number of alkyl halides is 2.